The lowest BCUT2D eigenvalue weighted by molar-refractivity contribution is 0.287. The van der Waals surface area contributed by atoms with Crippen LogP contribution < -0.4 is 4.74 Å². The molecule has 2 aromatic rings. The Labute approximate surface area is 113 Å². The summed E-state index contributed by atoms with van der Waals surface area (Å²) in [4.78, 5) is 10.7. The fourth-order valence-electron chi connectivity index (χ4n) is 2.32. The van der Waals surface area contributed by atoms with E-state index in [9.17, 15) is 0 Å². The molecule has 0 N–H and O–H groups in total. The van der Waals surface area contributed by atoms with Crippen molar-refractivity contribution in [2.24, 2.45) is 5.92 Å². The predicted octanol–water partition coefficient (Wildman–Crippen LogP) is 2.35. The van der Waals surface area contributed by atoms with Crippen molar-refractivity contribution in [1.29, 1.82) is 0 Å². The zero-order valence-electron chi connectivity index (χ0n) is 11.4. The van der Waals surface area contributed by atoms with Crippen LogP contribution in [0.1, 0.15) is 13.8 Å². The molecule has 0 radical (unpaired) electrons. The van der Waals surface area contributed by atoms with E-state index < -0.39 is 0 Å². The van der Waals surface area contributed by atoms with Gasteiger partial charge in [-0.25, -0.2) is 9.97 Å². The second-order valence-electron chi connectivity index (χ2n) is 5.56. The molecule has 2 heterocycles. The standard InChI is InChI=1S/C15H19N3O/c1-11(2)7-18-8-13(18)9-19-14-3-4-15-12(5-14)6-16-10-17-15/h3-6,10-11,13H,7-9H2,1-2H3. The summed E-state index contributed by atoms with van der Waals surface area (Å²) in [6, 6.07) is 6.55. The number of benzene rings is 1. The van der Waals surface area contributed by atoms with Gasteiger partial charge in [0.25, 0.3) is 0 Å². The van der Waals surface area contributed by atoms with Gasteiger partial charge in [-0.2, -0.15) is 0 Å². The number of ether oxygens (including phenoxy) is 1. The topological polar surface area (TPSA) is 38.0 Å². The molecule has 0 aliphatic carbocycles. The first kappa shape index (κ1) is 12.4. The molecule has 4 heteroatoms. The monoisotopic (exact) mass is 257 g/mol. The van der Waals surface area contributed by atoms with Gasteiger partial charge < -0.3 is 4.74 Å². The number of hydrogen-bond acceptors (Lipinski definition) is 4. The summed E-state index contributed by atoms with van der Waals surface area (Å²) >= 11 is 0. The first-order valence-electron chi connectivity index (χ1n) is 6.79. The van der Waals surface area contributed by atoms with Crippen LogP contribution in [0, 0.1) is 5.92 Å². The zero-order valence-corrected chi connectivity index (χ0v) is 11.4. The highest BCUT2D eigenvalue weighted by Crippen LogP contribution is 2.22. The van der Waals surface area contributed by atoms with E-state index in [1.807, 2.05) is 24.4 Å². The molecule has 19 heavy (non-hydrogen) atoms. The Balaban J connectivity index is 1.57. The van der Waals surface area contributed by atoms with Crippen LogP contribution in [0.4, 0.5) is 0 Å². The molecule has 0 amide bonds. The average molecular weight is 257 g/mol. The highest BCUT2D eigenvalue weighted by Gasteiger charge is 2.34. The van der Waals surface area contributed by atoms with Crippen molar-refractivity contribution in [3.05, 3.63) is 30.7 Å². The van der Waals surface area contributed by atoms with Crippen molar-refractivity contribution >= 4 is 10.9 Å². The lowest BCUT2D eigenvalue weighted by Gasteiger charge is -2.08. The molecule has 1 aromatic heterocycles. The van der Waals surface area contributed by atoms with Gasteiger partial charge in [-0.1, -0.05) is 13.8 Å². The van der Waals surface area contributed by atoms with Gasteiger partial charge in [0.2, 0.25) is 0 Å². The molecule has 2 atom stereocenters. The number of fused-ring (bicyclic) bond motifs is 1. The first-order chi connectivity index (χ1) is 9.22. The SMILES string of the molecule is CC(C)CN1CC1COc1ccc2ncncc2c1. The maximum atomic E-state index is 5.85. The number of aromatic nitrogens is 2. The van der Waals surface area contributed by atoms with Gasteiger partial charge in [0.1, 0.15) is 18.7 Å². The van der Waals surface area contributed by atoms with Crippen LogP contribution in [0.5, 0.6) is 5.75 Å². The van der Waals surface area contributed by atoms with Crippen molar-refractivity contribution in [1.82, 2.24) is 14.9 Å². The Bertz CT molecular complexity index is 570. The molecular formula is C15H19N3O. The van der Waals surface area contributed by atoms with Crippen LogP contribution >= 0.6 is 0 Å². The Hall–Kier alpha value is -1.68. The molecule has 1 aliphatic heterocycles. The second-order valence-corrected chi connectivity index (χ2v) is 5.56. The third-order valence-corrected chi connectivity index (χ3v) is 3.35. The van der Waals surface area contributed by atoms with Crippen molar-refractivity contribution in [3.63, 3.8) is 0 Å². The summed E-state index contributed by atoms with van der Waals surface area (Å²) in [7, 11) is 0. The van der Waals surface area contributed by atoms with Crippen molar-refractivity contribution < 1.29 is 4.74 Å². The van der Waals surface area contributed by atoms with E-state index in [0.717, 1.165) is 35.7 Å². The minimum atomic E-state index is 0.588. The van der Waals surface area contributed by atoms with Crippen molar-refractivity contribution in [3.8, 4) is 5.75 Å². The molecular weight excluding hydrogens is 238 g/mol. The third kappa shape index (κ3) is 3.01. The van der Waals surface area contributed by atoms with E-state index in [-0.39, 0.29) is 0 Å². The Kier molecular flexibility index (Phi) is 3.34. The molecule has 2 unspecified atom stereocenters. The molecule has 0 saturated carbocycles. The van der Waals surface area contributed by atoms with Gasteiger partial charge in [-0.05, 0) is 24.1 Å². The Morgan fingerprint density at radius 1 is 1.42 bits per heavy atom. The quantitative estimate of drug-likeness (QED) is 0.771. The Morgan fingerprint density at radius 3 is 3.16 bits per heavy atom. The number of rotatable bonds is 5. The number of hydrogen-bond donors (Lipinski definition) is 0. The third-order valence-electron chi connectivity index (χ3n) is 3.35. The van der Waals surface area contributed by atoms with E-state index in [2.05, 4.69) is 28.7 Å². The largest absolute Gasteiger partial charge is 0.492 e. The van der Waals surface area contributed by atoms with Crippen LogP contribution in [0.15, 0.2) is 30.7 Å². The van der Waals surface area contributed by atoms with Crippen LogP contribution in [0.25, 0.3) is 10.9 Å². The zero-order chi connectivity index (χ0) is 13.2. The van der Waals surface area contributed by atoms with Crippen LogP contribution in [0.3, 0.4) is 0 Å². The molecule has 4 nitrogen and oxygen atoms in total. The normalized spacial score (nSPS) is 21.8. The molecule has 1 fully saturated rings. The summed E-state index contributed by atoms with van der Waals surface area (Å²) < 4.78 is 5.85. The highest BCUT2D eigenvalue weighted by molar-refractivity contribution is 5.78. The number of nitrogens with zero attached hydrogens (tertiary/aromatic N) is 3. The lowest BCUT2D eigenvalue weighted by Crippen LogP contribution is -2.14. The molecule has 100 valence electrons. The predicted molar refractivity (Wildman–Crippen MR) is 75.2 cm³/mol. The first-order valence-corrected chi connectivity index (χ1v) is 6.79. The lowest BCUT2D eigenvalue weighted by atomic mass is 10.2. The van der Waals surface area contributed by atoms with Crippen LogP contribution in [0.2, 0.25) is 0 Å². The van der Waals surface area contributed by atoms with Gasteiger partial charge >= 0.3 is 0 Å². The molecule has 0 spiro atoms. The Morgan fingerprint density at radius 2 is 2.32 bits per heavy atom. The summed E-state index contributed by atoms with van der Waals surface area (Å²) in [5, 5.41) is 1.02. The van der Waals surface area contributed by atoms with E-state index in [4.69, 9.17) is 4.74 Å². The molecule has 0 bridgehead atoms. The van der Waals surface area contributed by atoms with Crippen molar-refractivity contribution in [2.45, 2.75) is 19.9 Å². The summed E-state index contributed by atoms with van der Waals surface area (Å²) in [6.45, 7) is 7.60. The van der Waals surface area contributed by atoms with Gasteiger partial charge in [0.15, 0.2) is 0 Å². The highest BCUT2D eigenvalue weighted by atomic mass is 16.5. The average Bonchev–Trinajstić information content (AvgIpc) is 3.13. The smallest absolute Gasteiger partial charge is 0.120 e. The van der Waals surface area contributed by atoms with E-state index in [0.29, 0.717) is 6.04 Å². The van der Waals surface area contributed by atoms with Gasteiger partial charge in [-0.3, -0.25) is 4.90 Å². The van der Waals surface area contributed by atoms with Crippen LogP contribution in [-0.2, 0) is 0 Å². The molecule has 3 rings (SSSR count). The van der Waals surface area contributed by atoms with E-state index in [1.54, 1.807) is 6.33 Å². The fourth-order valence-corrected chi connectivity index (χ4v) is 2.32. The van der Waals surface area contributed by atoms with E-state index >= 15 is 0 Å². The van der Waals surface area contributed by atoms with Crippen LogP contribution in [-0.4, -0.2) is 40.6 Å². The summed E-state index contributed by atoms with van der Waals surface area (Å²) in [5.74, 6) is 1.63. The van der Waals surface area contributed by atoms with Gasteiger partial charge in [0, 0.05) is 24.7 Å². The summed E-state index contributed by atoms with van der Waals surface area (Å²) in [5.41, 5.74) is 0.954. The van der Waals surface area contributed by atoms with Gasteiger partial charge in [0.05, 0.1) is 11.6 Å². The molecule has 1 aliphatic rings. The summed E-state index contributed by atoms with van der Waals surface area (Å²) in [6.07, 6.45) is 3.38. The van der Waals surface area contributed by atoms with Crippen molar-refractivity contribution in [2.75, 3.05) is 19.7 Å². The molecule has 1 aromatic carbocycles. The van der Waals surface area contributed by atoms with Gasteiger partial charge in [-0.15, -0.1) is 0 Å². The minimum absolute atomic E-state index is 0.588. The fraction of sp³-hybridized carbons (Fsp3) is 0.467. The maximum absolute atomic E-state index is 5.85. The maximum Gasteiger partial charge on any atom is 0.120 e. The molecule has 1 saturated heterocycles. The van der Waals surface area contributed by atoms with E-state index in [1.165, 1.54) is 6.54 Å². The second kappa shape index (κ2) is 5.13. The minimum Gasteiger partial charge on any atom is -0.492 e.